The molecule has 0 aliphatic carbocycles. The number of alkyl halides is 3. The van der Waals surface area contributed by atoms with Gasteiger partial charge in [0, 0.05) is 43.1 Å². The Hall–Kier alpha value is -3.09. The Labute approximate surface area is 205 Å². The van der Waals surface area contributed by atoms with E-state index < -0.39 is 23.7 Å². The number of aryl methyl sites for hydroxylation is 1. The predicted octanol–water partition coefficient (Wildman–Crippen LogP) is 3.39. The molecule has 2 aliphatic heterocycles. The molecule has 2 atom stereocenters. The van der Waals surface area contributed by atoms with E-state index in [0.717, 1.165) is 50.1 Å². The summed E-state index contributed by atoms with van der Waals surface area (Å²) in [5.41, 5.74) is 5.66. The van der Waals surface area contributed by atoms with E-state index in [9.17, 15) is 17.6 Å². The number of anilines is 2. The molecule has 0 radical (unpaired) electrons. The van der Waals surface area contributed by atoms with Crippen LogP contribution in [0.25, 0.3) is 10.8 Å². The minimum Gasteiger partial charge on any atom is -0.378 e. The van der Waals surface area contributed by atoms with Crippen molar-refractivity contribution in [1.82, 2.24) is 20.1 Å². The summed E-state index contributed by atoms with van der Waals surface area (Å²) in [5, 5.41) is 12.7. The maximum atomic E-state index is 14.1. The maximum Gasteiger partial charge on any atom is 0.416 e. The lowest BCUT2D eigenvalue weighted by Gasteiger charge is -2.44. The minimum absolute atomic E-state index is 0.0134. The van der Waals surface area contributed by atoms with Gasteiger partial charge in [-0.05, 0) is 43.2 Å². The smallest absolute Gasteiger partial charge is 0.378 e. The van der Waals surface area contributed by atoms with Crippen molar-refractivity contribution in [2.45, 2.75) is 32.2 Å². The van der Waals surface area contributed by atoms with E-state index in [1.807, 2.05) is 6.07 Å². The van der Waals surface area contributed by atoms with Crippen LogP contribution in [-0.4, -0.2) is 65.5 Å². The molecule has 0 bridgehead atoms. The number of nitrogens with one attached hydrogen (secondary N) is 1. The van der Waals surface area contributed by atoms with Gasteiger partial charge in [0.1, 0.15) is 17.8 Å². The van der Waals surface area contributed by atoms with Gasteiger partial charge in [0.15, 0.2) is 5.82 Å². The van der Waals surface area contributed by atoms with E-state index in [0.29, 0.717) is 23.8 Å². The summed E-state index contributed by atoms with van der Waals surface area (Å²) >= 11 is 0. The second-order valence-electron chi connectivity index (χ2n) is 9.22. The summed E-state index contributed by atoms with van der Waals surface area (Å²) in [6.07, 6.45) is -4.14. The standard InChI is InChI=1S/C24H27F4N7O/c1-13-17(7-15(25)8-20(13)24(26,27)28)22(29)31-23-18-9-21(30-10-19(18)14(2)32-33-23)35-4-3-34-5-6-36-12-16(34)11-35/h7-10,16,22H,3-6,11-12,29H2,1-2H3,(H,31,33)/t16-,22-/m0/s1. The van der Waals surface area contributed by atoms with Crippen molar-refractivity contribution in [3.63, 3.8) is 0 Å². The third-order valence-electron chi connectivity index (χ3n) is 6.94. The number of piperazine rings is 1. The number of halogens is 4. The quantitative estimate of drug-likeness (QED) is 0.412. The highest BCUT2D eigenvalue weighted by Gasteiger charge is 2.35. The summed E-state index contributed by atoms with van der Waals surface area (Å²) in [4.78, 5) is 9.23. The normalized spacial score (nSPS) is 19.9. The zero-order valence-electron chi connectivity index (χ0n) is 19.9. The highest BCUT2D eigenvalue weighted by Crippen LogP contribution is 2.36. The second-order valence-corrected chi connectivity index (χ2v) is 9.22. The largest absolute Gasteiger partial charge is 0.416 e. The highest BCUT2D eigenvalue weighted by atomic mass is 19.4. The van der Waals surface area contributed by atoms with Crippen LogP contribution < -0.4 is 16.0 Å². The van der Waals surface area contributed by atoms with Crippen molar-refractivity contribution >= 4 is 22.4 Å². The molecule has 2 fully saturated rings. The molecule has 5 rings (SSSR count). The molecule has 3 aromatic rings. The number of fused-ring (bicyclic) bond motifs is 2. The molecular weight excluding hydrogens is 478 g/mol. The van der Waals surface area contributed by atoms with E-state index in [1.165, 1.54) is 6.92 Å². The number of hydrogen-bond acceptors (Lipinski definition) is 8. The van der Waals surface area contributed by atoms with E-state index >= 15 is 0 Å². The first-order valence-corrected chi connectivity index (χ1v) is 11.7. The van der Waals surface area contributed by atoms with E-state index in [4.69, 9.17) is 10.5 Å². The second kappa shape index (κ2) is 9.41. The lowest BCUT2D eigenvalue weighted by molar-refractivity contribution is -0.138. The van der Waals surface area contributed by atoms with Crippen LogP contribution in [0.2, 0.25) is 0 Å². The van der Waals surface area contributed by atoms with Crippen LogP contribution in [0, 0.1) is 19.7 Å². The summed E-state index contributed by atoms with van der Waals surface area (Å²) in [5.74, 6) is 0.0130. The molecule has 4 heterocycles. The Kier molecular flexibility index (Phi) is 6.43. The fourth-order valence-electron chi connectivity index (χ4n) is 4.94. The summed E-state index contributed by atoms with van der Waals surface area (Å²) in [6, 6.07) is 3.64. The van der Waals surface area contributed by atoms with Gasteiger partial charge in [-0.2, -0.15) is 18.3 Å². The summed E-state index contributed by atoms with van der Waals surface area (Å²) < 4.78 is 59.9. The molecular formula is C24H27F4N7O. The molecule has 192 valence electrons. The van der Waals surface area contributed by atoms with Gasteiger partial charge >= 0.3 is 6.18 Å². The number of rotatable bonds is 4. The minimum atomic E-state index is -4.70. The molecule has 0 spiro atoms. The molecule has 8 nitrogen and oxygen atoms in total. The van der Waals surface area contributed by atoms with Gasteiger partial charge < -0.3 is 20.7 Å². The van der Waals surface area contributed by atoms with Gasteiger partial charge in [0.2, 0.25) is 0 Å². The van der Waals surface area contributed by atoms with Gasteiger partial charge in [0.05, 0.1) is 30.5 Å². The number of nitrogens with zero attached hydrogens (tertiary/aromatic N) is 5. The van der Waals surface area contributed by atoms with Crippen molar-refractivity contribution in [1.29, 1.82) is 0 Å². The van der Waals surface area contributed by atoms with Crippen LogP contribution in [0.15, 0.2) is 24.4 Å². The first-order valence-electron chi connectivity index (χ1n) is 11.7. The van der Waals surface area contributed by atoms with Crippen LogP contribution >= 0.6 is 0 Å². The molecule has 2 aromatic heterocycles. The fourth-order valence-corrected chi connectivity index (χ4v) is 4.94. The SMILES string of the molecule is Cc1c([C@@H](N)Nc2nnc(C)c3cnc(N4CCN5CCOC[C@@H]5C4)cc23)cc(F)cc1C(F)(F)F. The first-order chi connectivity index (χ1) is 17.1. The zero-order valence-corrected chi connectivity index (χ0v) is 19.9. The van der Waals surface area contributed by atoms with Crippen molar-refractivity contribution in [2.75, 3.05) is 49.6 Å². The monoisotopic (exact) mass is 505 g/mol. The summed E-state index contributed by atoms with van der Waals surface area (Å²) in [6.45, 7) is 7.87. The van der Waals surface area contributed by atoms with Gasteiger partial charge in [0.25, 0.3) is 0 Å². The Morgan fingerprint density at radius 3 is 2.69 bits per heavy atom. The average molecular weight is 506 g/mol. The lowest BCUT2D eigenvalue weighted by atomic mass is 9.99. The van der Waals surface area contributed by atoms with E-state index in [2.05, 4.69) is 30.3 Å². The van der Waals surface area contributed by atoms with Gasteiger partial charge in [-0.1, -0.05) is 0 Å². The molecule has 3 N–H and O–H groups in total. The van der Waals surface area contributed by atoms with Gasteiger partial charge in [-0.15, -0.1) is 5.10 Å². The third-order valence-corrected chi connectivity index (χ3v) is 6.94. The maximum absolute atomic E-state index is 14.1. The zero-order chi connectivity index (χ0) is 25.6. The number of benzene rings is 1. The third kappa shape index (κ3) is 4.67. The lowest BCUT2D eigenvalue weighted by Crippen LogP contribution is -2.58. The Bertz CT molecular complexity index is 1290. The molecule has 0 unspecified atom stereocenters. The fraction of sp³-hybridized carbons (Fsp3) is 0.458. The number of morpholine rings is 1. The molecule has 2 aliphatic rings. The number of pyridine rings is 1. The Morgan fingerprint density at radius 2 is 1.92 bits per heavy atom. The molecule has 36 heavy (non-hydrogen) atoms. The van der Waals surface area contributed by atoms with Crippen molar-refractivity contribution in [3.8, 4) is 0 Å². The highest BCUT2D eigenvalue weighted by molar-refractivity contribution is 5.94. The molecule has 0 saturated carbocycles. The molecule has 2 saturated heterocycles. The van der Waals surface area contributed by atoms with Crippen molar-refractivity contribution in [2.24, 2.45) is 5.73 Å². The molecule has 1 aromatic carbocycles. The number of nitrogens with two attached hydrogens (primary N) is 1. The Morgan fingerprint density at radius 1 is 1.11 bits per heavy atom. The number of hydrogen-bond donors (Lipinski definition) is 2. The molecule has 12 heteroatoms. The Balaban J connectivity index is 1.47. The van der Waals surface area contributed by atoms with E-state index in [1.54, 1.807) is 13.1 Å². The van der Waals surface area contributed by atoms with Crippen LogP contribution in [-0.2, 0) is 10.9 Å². The van der Waals surface area contributed by atoms with Gasteiger partial charge in [-0.3, -0.25) is 4.90 Å². The van der Waals surface area contributed by atoms with Crippen molar-refractivity contribution in [3.05, 3.63) is 52.6 Å². The predicted molar refractivity (Wildman–Crippen MR) is 127 cm³/mol. The average Bonchev–Trinajstić information content (AvgIpc) is 2.85. The van der Waals surface area contributed by atoms with Crippen LogP contribution in [0.3, 0.4) is 0 Å². The topological polar surface area (TPSA) is 92.4 Å². The van der Waals surface area contributed by atoms with Crippen molar-refractivity contribution < 1.29 is 22.3 Å². The van der Waals surface area contributed by atoms with E-state index in [-0.39, 0.29) is 23.0 Å². The summed E-state index contributed by atoms with van der Waals surface area (Å²) in [7, 11) is 0. The first kappa shape index (κ1) is 24.6. The van der Waals surface area contributed by atoms with Crippen LogP contribution in [0.1, 0.15) is 28.6 Å². The number of ether oxygens (including phenoxy) is 1. The van der Waals surface area contributed by atoms with Gasteiger partial charge in [-0.25, -0.2) is 9.37 Å². The molecule has 0 amide bonds. The van der Waals surface area contributed by atoms with Crippen LogP contribution in [0.4, 0.5) is 29.2 Å². The number of aromatic nitrogens is 3. The van der Waals surface area contributed by atoms with Crippen LogP contribution in [0.5, 0.6) is 0 Å².